The van der Waals surface area contributed by atoms with E-state index < -0.39 is 0 Å². The molecular formula is C26H30N6O3S. The number of ether oxygens (including phenoxy) is 1. The first-order valence-electron chi connectivity index (χ1n) is 11.8. The Balaban J connectivity index is 1.35. The lowest BCUT2D eigenvalue weighted by Gasteiger charge is -2.28. The lowest BCUT2D eigenvalue weighted by atomic mass is 10.2. The maximum Gasteiger partial charge on any atom is 0.228 e. The number of amides is 2. The summed E-state index contributed by atoms with van der Waals surface area (Å²) in [5.74, 6) is 0.178. The van der Waals surface area contributed by atoms with Crippen LogP contribution in [0.3, 0.4) is 0 Å². The van der Waals surface area contributed by atoms with Crippen LogP contribution in [0.4, 0.5) is 23.0 Å². The Labute approximate surface area is 215 Å². The Hall–Kier alpha value is -3.63. The Kier molecular flexibility index (Phi) is 8.75. The third-order valence-electron chi connectivity index (χ3n) is 5.64. The zero-order valence-corrected chi connectivity index (χ0v) is 21.2. The summed E-state index contributed by atoms with van der Waals surface area (Å²) >= 11 is 1.53. The van der Waals surface area contributed by atoms with E-state index in [-0.39, 0.29) is 24.7 Å². The van der Waals surface area contributed by atoms with Crippen molar-refractivity contribution in [2.24, 2.45) is 0 Å². The predicted octanol–water partition coefficient (Wildman–Crippen LogP) is 3.98. The number of benzene rings is 2. The van der Waals surface area contributed by atoms with Gasteiger partial charge in [0.2, 0.25) is 17.8 Å². The van der Waals surface area contributed by atoms with Crippen LogP contribution >= 0.6 is 11.8 Å². The molecule has 4 rings (SSSR count). The highest BCUT2D eigenvalue weighted by Gasteiger charge is 2.12. The van der Waals surface area contributed by atoms with Gasteiger partial charge in [-0.25, -0.2) is 9.97 Å². The fourth-order valence-electron chi connectivity index (χ4n) is 3.59. The second-order valence-electron chi connectivity index (χ2n) is 8.30. The van der Waals surface area contributed by atoms with Gasteiger partial charge in [-0.2, -0.15) is 0 Å². The average molecular weight is 507 g/mol. The second-order valence-corrected chi connectivity index (χ2v) is 9.36. The van der Waals surface area contributed by atoms with Crippen LogP contribution in [-0.2, 0) is 14.3 Å². The number of carbonyl (C=O) groups is 2. The highest BCUT2D eigenvalue weighted by molar-refractivity contribution is 7.99. The van der Waals surface area contributed by atoms with Gasteiger partial charge in [-0.3, -0.25) is 9.59 Å². The number of morpholine rings is 1. The minimum absolute atomic E-state index is 0.141. The van der Waals surface area contributed by atoms with E-state index >= 15 is 0 Å². The molecular weight excluding hydrogens is 476 g/mol. The minimum Gasteiger partial charge on any atom is -0.378 e. The zero-order chi connectivity index (χ0) is 25.3. The highest BCUT2D eigenvalue weighted by atomic mass is 32.2. The molecule has 9 nitrogen and oxygen atoms in total. The monoisotopic (exact) mass is 506 g/mol. The smallest absolute Gasteiger partial charge is 0.228 e. The van der Waals surface area contributed by atoms with Crippen LogP contribution in [0, 0.1) is 6.92 Å². The number of aryl methyl sites for hydroxylation is 1. The summed E-state index contributed by atoms with van der Waals surface area (Å²) in [4.78, 5) is 35.7. The predicted molar refractivity (Wildman–Crippen MR) is 142 cm³/mol. The lowest BCUT2D eigenvalue weighted by Crippen LogP contribution is -2.36. The minimum atomic E-state index is -0.195. The summed E-state index contributed by atoms with van der Waals surface area (Å²) in [6.45, 7) is 5.30. The molecule has 3 N–H and O–H groups in total. The third-order valence-corrected chi connectivity index (χ3v) is 6.75. The fourth-order valence-corrected chi connectivity index (χ4v) is 4.43. The number of nitrogens with zero attached hydrogens (tertiary/aromatic N) is 3. The number of hydrogen-bond donors (Lipinski definition) is 3. The quantitative estimate of drug-likeness (QED) is 0.374. The molecule has 1 fully saturated rings. The van der Waals surface area contributed by atoms with Crippen LogP contribution in [0.15, 0.2) is 64.6 Å². The van der Waals surface area contributed by atoms with Gasteiger partial charge in [-0.1, -0.05) is 11.8 Å². The number of rotatable bonds is 9. The summed E-state index contributed by atoms with van der Waals surface area (Å²) in [7, 11) is 1.55. The van der Waals surface area contributed by atoms with Crippen LogP contribution in [0.2, 0.25) is 0 Å². The topological polar surface area (TPSA) is 108 Å². The molecule has 0 aliphatic carbocycles. The first-order chi connectivity index (χ1) is 17.5. The molecule has 0 spiro atoms. The van der Waals surface area contributed by atoms with Gasteiger partial charge < -0.3 is 25.6 Å². The molecule has 0 unspecified atom stereocenters. The van der Waals surface area contributed by atoms with Gasteiger partial charge >= 0.3 is 0 Å². The summed E-state index contributed by atoms with van der Waals surface area (Å²) < 4.78 is 5.43. The molecule has 1 aliphatic rings. The van der Waals surface area contributed by atoms with E-state index in [9.17, 15) is 9.59 Å². The van der Waals surface area contributed by atoms with Crippen molar-refractivity contribution in [1.82, 2.24) is 15.3 Å². The molecule has 2 aromatic carbocycles. The standard InChI is InChI=1S/C26H30N6O3S/c1-18-17-28-26(30-20-3-7-21(8-4-20)32-13-15-35-16-14-32)31-25(18)36-22-9-5-19(6-10-22)29-24(34)12-11-23(33)27-2/h3-10,17H,11-16H2,1-2H3,(H,27,33)(H,29,34)(H,28,30,31). The first-order valence-corrected chi connectivity index (χ1v) is 12.6. The van der Waals surface area contributed by atoms with Gasteiger partial charge in [0.15, 0.2) is 0 Å². The lowest BCUT2D eigenvalue weighted by molar-refractivity contribution is -0.124. The Bertz CT molecular complexity index is 1180. The zero-order valence-electron chi connectivity index (χ0n) is 20.4. The van der Waals surface area contributed by atoms with Crippen molar-refractivity contribution in [3.63, 3.8) is 0 Å². The van der Waals surface area contributed by atoms with Gasteiger partial charge in [0.1, 0.15) is 5.03 Å². The molecule has 0 radical (unpaired) electrons. The average Bonchev–Trinajstić information content (AvgIpc) is 2.91. The number of hydrogen-bond acceptors (Lipinski definition) is 8. The summed E-state index contributed by atoms with van der Waals surface area (Å²) in [5, 5.41) is 9.46. The van der Waals surface area contributed by atoms with E-state index in [1.807, 2.05) is 43.3 Å². The summed E-state index contributed by atoms with van der Waals surface area (Å²) in [5.41, 5.74) is 3.75. The molecule has 3 aromatic rings. The normalized spacial score (nSPS) is 13.2. The van der Waals surface area contributed by atoms with Crippen molar-refractivity contribution in [2.45, 2.75) is 29.7 Å². The van der Waals surface area contributed by atoms with Crippen LogP contribution in [0.25, 0.3) is 0 Å². The number of nitrogens with one attached hydrogen (secondary N) is 3. The van der Waals surface area contributed by atoms with Crippen molar-refractivity contribution in [1.29, 1.82) is 0 Å². The maximum atomic E-state index is 12.0. The molecule has 36 heavy (non-hydrogen) atoms. The summed E-state index contributed by atoms with van der Waals surface area (Å²) in [6.07, 6.45) is 2.11. The van der Waals surface area contributed by atoms with Crippen molar-refractivity contribution in [3.05, 3.63) is 60.3 Å². The van der Waals surface area contributed by atoms with Gasteiger partial charge in [-0.15, -0.1) is 0 Å². The molecule has 10 heteroatoms. The van der Waals surface area contributed by atoms with E-state index in [4.69, 9.17) is 9.72 Å². The molecule has 1 aliphatic heterocycles. The Morgan fingerprint density at radius 2 is 1.64 bits per heavy atom. The molecule has 1 saturated heterocycles. The van der Waals surface area contributed by atoms with E-state index in [0.29, 0.717) is 11.6 Å². The van der Waals surface area contributed by atoms with Crippen molar-refractivity contribution >= 4 is 46.6 Å². The van der Waals surface area contributed by atoms with E-state index in [1.54, 1.807) is 13.2 Å². The Morgan fingerprint density at radius 1 is 0.972 bits per heavy atom. The summed E-state index contributed by atoms with van der Waals surface area (Å²) in [6, 6.07) is 15.8. The third kappa shape index (κ3) is 7.19. The van der Waals surface area contributed by atoms with Crippen LogP contribution in [0.5, 0.6) is 0 Å². The SMILES string of the molecule is CNC(=O)CCC(=O)Nc1ccc(Sc2nc(Nc3ccc(N4CCOCC4)cc3)ncc2C)cc1. The fraction of sp³-hybridized carbons (Fsp3) is 0.308. The number of carbonyl (C=O) groups excluding carboxylic acids is 2. The highest BCUT2D eigenvalue weighted by Crippen LogP contribution is 2.30. The van der Waals surface area contributed by atoms with Gasteiger partial charge in [0, 0.05) is 66.7 Å². The molecule has 0 bridgehead atoms. The van der Waals surface area contributed by atoms with E-state index in [2.05, 4.69) is 38.0 Å². The first kappa shape index (κ1) is 25.5. The molecule has 2 amide bonds. The van der Waals surface area contributed by atoms with Crippen LogP contribution in [-0.4, -0.2) is 55.1 Å². The van der Waals surface area contributed by atoms with Crippen molar-refractivity contribution < 1.29 is 14.3 Å². The van der Waals surface area contributed by atoms with Crippen molar-refractivity contribution in [2.75, 3.05) is 48.9 Å². The molecule has 2 heterocycles. The molecule has 1 aromatic heterocycles. The largest absolute Gasteiger partial charge is 0.378 e. The van der Waals surface area contributed by atoms with Gasteiger partial charge in [0.25, 0.3) is 0 Å². The molecule has 0 saturated carbocycles. The molecule has 188 valence electrons. The van der Waals surface area contributed by atoms with E-state index in [0.717, 1.165) is 47.5 Å². The molecule has 0 atom stereocenters. The van der Waals surface area contributed by atoms with Gasteiger partial charge in [-0.05, 0) is 55.5 Å². The van der Waals surface area contributed by atoms with Crippen LogP contribution in [0.1, 0.15) is 18.4 Å². The van der Waals surface area contributed by atoms with Crippen molar-refractivity contribution in [3.8, 4) is 0 Å². The van der Waals surface area contributed by atoms with Gasteiger partial charge in [0.05, 0.1) is 13.2 Å². The number of aromatic nitrogens is 2. The van der Waals surface area contributed by atoms with Crippen LogP contribution < -0.4 is 20.9 Å². The number of anilines is 4. The Morgan fingerprint density at radius 3 is 2.33 bits per heavy atom. The second kappa shape index (κ2) is 12.4. The van der Waals surface area contributed by atoms with E-state index in [1.165, 1.54) is 17.4 Å². The maximum absolute atomic E-state index is 12.0.